The van der Waals surface area contributed by atoms with E-state index in [9.17, 15) is 32.3 Å². The average molecular weight is 458 g/mol. The van der Waals surface area contributed by atoms with Crippen molar-refractivity contribution >= 4 is 23.5 Å². The minimum Gasteiger partial charge on any atom is -0.322 e. The number of fused-ring (bicyclic) bond motifs is 1. The van der Waals surface area contributed by atoms with E-state index in [1.165, 1.54) is 11.8 Å². The summed E-state index contributed by atoms with van der Waals surface area (Å²) >= 11 is 0. The van der Waals surface area contributed by atoms with Gasteiger partial charge in [0, 0.05) is 30.5 Å². The van der Waals surface area contributed by atoms with Crippen molar-refractivity contribution < 1.29 is 32.3 Å². The van der Waals surface area contributed by atoms with Crippen LogP contribution in [0, 0.1) is 12.7 Å². The highest BCUT2D eigenvalue weighted by atomic mass is 19.3. The number of hydrogen-bond donors (Lipinski definition) is 1. The molecule has 0 saturated carbocycles. The number of carbonyl (C=O) groups is 4. The second-order valence-electron chi connectivity index (χ2n) is 8.35. The van der Waals surface area contributed by atoms with E-state index >= 15 is 0 Å². The van der Waals surface area contributed by atoms with Crippen LogP contribution in [0.4, 0.5) is 13.2 Å². The molecule has 172 valence electrons. The monoisotopic (exact) mass is 458 g/mol. The second-order valence-corrected chi connectivity index (χ2v) is 8.35. The van der Waals surface area contributed by atoms with Crippen molar-refractivity contribution in [2.45, 2.75) is 51.1 Å². The fourth-order valence-corrected chi connectivity index (χ4v) is 4.33. The van der Waals surface area contributed by atoms with E-state index in [0.29, 0.717) is 16.7 Å². The van der Waals surface area contributed by atoms with Crippen molar-refractivity contribution in [2.24, 2.45) is 0 Å². The molecule has 2 aliphatic heterocycles. The van der Waals surface area contributed by atoms with Gasteiger partial charge in [0.05, 0.1) is 0 Å². The quantitative estimate of drug-likeness (QED) is 0.674. The summed E-state index contributed by atoms with van der Waals surface area (Å²) in [6.45, 7) is 1.48. The fourth-order valence-electron chi connectivity index (χ4n) is 4.33. The van der Waals surface area contributed by atoms with Gasteiger partial charge in [-0.1, -0.05) is 12.1 Å². The summed E-state index contributed by atoms with van der Waals surface area (Å²) in [7, 11) is 0. The zero-order valence-electron chi connectivity index (χ0n) is 17.8. The Kier molecular flexibility index (Phi) is 5.82. The zero-order valence-corrected chi connectivity index (χ0v) is 17.8. The lowest BCUT2D eigenvalue weighted by Crippen LogP contribution is -2.52. The molecule has 4 rings (SSSR count). The summed E-state index contributed by atoms with van der Waals surface area (Å²) in [6.07, 6.45) is -0.0166. The average Bonchev–Trinajstić information content (AvgIpc) is 3.07. The third-order valence-corrected chi connectivity index (χ3v) is 6.11. The summed E-state index contributed by atoms with van der Waals surface area (Å²) in [5.41, 5.74) is 1.12. The molecular weight excluding hydrogens is 437 g/mol. The summed E-state index contributed by atoms with van der Waals surface area (Å²) in [5, 5.41) is 2.23. The van der Waals surface area contributed by atoms with Crippen LogP contribution in [0.25, 0.3) is 0 Å². The van der Waals surface area contributed by atoms with Gasteiger partial charge >= 0.3 is 5.92 Å². The Hall–Kier alpha value is -3.49. The molecule has 2 heterocycles. The topological polar surface area (TPSA) is 83.6 Å². The van der Waals surface area contributed by atoms with Crippen LogP contribution in [0.3, 0.4) is 0 Å². The maximum Gasteiger partial charge on any atom is 0.330 e. The molecule has 2 aromatic carbocycles. The number of imide groups is 1. The molecule has 3 amide bonds. The lowest BCUT2D eigenvalue weighted by Gasteiger charge is -2.29. The van der Waals surface area contributed by atoms with Crippen LogP contribution in [-0.4, -0.2) is 34.4 Å². The first-order valence-corrected chi connectivity index (χ1v) is 10.5. The van der Waals surface area contributed by atoms with Crippen LogP contribution in [0.15, 0.2) is 36.4 Å². The van der Waals surface area contributed by atoms with E-state index in [4.69, 9.17) is 0 Å². The van der Waals surface area contributed by atoms with Crippen molar-refractivity contribution in [3.63, 3.8) is 0 Å². The zero-order chi connectivity index (χ0) is 23.9. The minimum absolute atomic E-state index is 0.00191. The molecule has 2 aliphatic rings. The van der Waals surface area contributed by atoms with Crippen molar-refractivity contribution in [2.75, 3.05) is 0 Å². The van der Waals surface area contributed by atoms with Crippen LogP contribution in [0.1, 0.15) is 51.9 Å². The highest BCUT2D eigenvalue weighted by molar-refractivity contribution is 6.05. The van der Waals surface area contributed by atoms with E-state index in [1.54, 1.807) is 18.2 Å². The Morgan fingerprint density at radius 2 is 1.91 bits per heavy atom. The van der Waals surface area contributed by atoms with Gasteiger partial charge in [-0.05, 0) is 60.7 Å². The van der Waals surface area contributed by atoms with Gasteiger partial charge in [-0.3, -0.25) is 24.5 Å². The SMILES string of the molecule is Cc1cc(F)ccc1C(F)(F)C(=O)CCc1ccc2c(c1)CN(C1CCC(=O)NC1=O)C2=O. The van der Waals surface area contributed by atoms with Gasteiger partial charge in [-0.15, -0.1) is 0 Å². The molecule has 1 fully saturated rings. The van der Waals surface area contributed by atoms with Gasteiger partial charge in [0.1, 0.15) is 11.9 Å². The third-order valence-electron chi connectivity index (χ3n) is 6.11. The van der Waals surface area contributed by atoms with Crippen LogP contribution >= 0.6 is 0 Å². The number of alkyl halides is 2. The number of aryl methyl sites for hydroxylation is 2. The van der Waals surface area contributed by atoms with Gasteiger partial charge in [-0.2, -0.15) is 8.78 Å². The van der Waals surface area contributed by atoms with E-state index in [-0.39, 0.29) is 43.2 Å². The molecule has 1 unspecified atom stereocenters. The van der Waals surface area contributed by atoms with E-state index < -0.39 is 41.5 Å². The van der Waals surface area contributed by atoms with E-state index in [0.717, 1.165) is 18.2 Å². The molecule has 0 bridgehead atoms. The summed E-state index contributed by atoms with van der Waals surface area (Å²) < 4.78 is 42.5. The molecule has 6 nitrogen and oxygen atoms in total. The highest BCUT2D eigenvalue weighted by Crippen LogP contribution is 2.34. The third kappa shape index (κ3) is 4.27. The van der Waals surface area contributed by atoms with Crippen LogP contribution in [-0.2, 0) is 33.3 Å². The van der Waals surface area contributed by atoms with E-state index in [1.807, 2.05) is 0 Å². The molecule has 1 N–H and O–H groups in total. The summed E-state index contributed by atoms with van der Waals surface area (Å²) in [4.78, 5) is 49.9. The molecule has 33 heavy (non-hydrogen) atoms. The first kappa shape index (κ1) is 22.7. The van der Waals surface area contributed by atoms with Gasteiger partial charge in [0.25, 0.3) is 5.91 Å². The lowest BCUT2D eigenvalue weighted by atomic mass is 9.95. The first-order valence-electron chi connectivity index (χ1n) is 10.5. The molecule has 2 aromatic rings. The minimum atomic E-state index is -3.74. The normalized spacial score (nSPS) is 18.4. The molecular formula is C24H21F3N2O4. The number of ketones is 1. The second kappa shape index (κ2) is 8.46. The van der Waals surface area contributed by atoms with Crippen molar-refractivity contribution in [1.29, 1.82) is 0 Å². The lowest BCUT2D eigenvalue weighted by molar-refractivity contribution is -0.144. The van der Waals surface area contributed by atoms with Gasteiger partial charge in [0.2, 0.25) is 17.6 Å². The Morgan fingerprint density at radius 3 is 2.61 bits per heavy atom. The fraction of sp³-hybridized carbons (Fsp3) is 0.333. The number of hydrogen-bond acceptors (Lipinski definition) is 4. The Morgan fingerprint density at radius 1 is 1.15 bits per heavy atom. The molecule has 0 aliphatic carbocycles. The number of benzene rings is 2. The number of rotatable bonds is 6. The molecule has 1 saturated heterocycles. The number of amides is 3. The summed E-state index contributed by atoms with van der Waals surface area (Å²) in [6, 6.07) is 6.87. The highest BCUT2D eigenvalue weighted by Gasteiger charge is 2.41. The first-order chi connectivity index (χ1) is 15.6. The van der Waals surface area contributed by atoms with Crippen LogP contribution in [0.2, 0.25) is 0 Å². The maximum atomic E-state index is 14.7. The Balaban J connectivity index is 1.44. The van der Waals surface area contributed by atoms with Crippen molar-refractivity contribution in [3.8, 4) is 0 Å². The largest absolute Gasteiger partial charge is 0.330 e. The van der Waals surface area contributed by atoms with E-state index in [2.05, 4.69) is 5.32 Å². The molecule has 1 atom stereocenters. The standard InChI is InChI=1S/C24H21F3N2O4/c1-13-10-16(25)4-6-18(13)24(26,27)20(30)8-3-14-2-5-17-15(11-14)12-29(23(17)33)19-7-9-21(31)28-22(19)32/h2,4-6,10-11,19H,3,7-9,12H2,1H3,(H,28,31,32). The summed E-state index contributed by atoms with van der Waals surface area (Å²) in [5.74, 6) is -6.90. The molecule has 0 aromatic heterocycles. The van der Waals surface area contributed by atoms with Crippen LogP contribution in [0.5, 0.6) is 0 Å². The van der Waals surface area contributed by atoms with Crippen LogP contribution < -0.4 is 5.32 Å². The number of halogens is 3. The van der Waals surface area contributed by atoms with Gasteiger partial charge in [0.15, 0.2) is 0 Å². The molecule has 0 radical (unpaired) electrons. The Labute approximate surface area is 187 Å². The smallest absolute Gasteiger partial charge is 0.322 e. The number of carbonyl (C=O) groups excluding carboxylic acids is 4. The van der Waals surface area contributed by atoms with Crippen molar-refractivity contribution in [3.05, 3.63) is 70.0 Å². The number of nitrogens with one attached hydrogen (secondary N) is 1. The predicted molar refractivity (Wildman–Crippen MR) is 111 cm³/mol. The van der Waals surface area contributed by atoms with Gasteiger partial charge < -0.3 is 4.90 Å². The van der Waals surface area contributed by atoms with Crippen molar-refractivity contribution in [1.82, 2.24) is 10.2 Å². The Bertz CT molecular complexity index is 1180. The molecule has 0 spiro atoms. The molecule has 9 heteroatoms. The number of Topliss-reactive ketones (excluding diaryl/α,β-unsaturated/α-hetero) is 1. The predicted octanol–water partition coefficient (Wildman–Crippen LogP) is 3.19. The maximum absolute atomic E-state index is 14.7. The number of piperidine rings is 1. The van der Waals surface area contributed by atoms with Gasteiger partial charge in [-0.25, -0.2) is 4.39 Å². The number of nitrogens with zero attached hydrogens (tertiary/aromatic N) is 1.